The van der Waals surface area contributed by atoms with Crippen LogP contribution in [0, 0.1) is 0 Å². The zero-order valence-electron chi connectivity index (χ0n) is 12.6. The molecule has 0 amide bonds. The fourth-order valence-electron chi connectivity index (χ4n) is 1.64. The van der Waals surface area contributed by atoms with Crippen LogP contribution in [0.15, 0.2) is 12.4 Å². The van der Waals surface area contributed by atoms with Crippen LogP contribution in [0.5, 0.6) is 0 Å². The predicted molar refractivity (Wildman–Crippen MR) is 78.6 cm³/mol. The molecule has 0 bridgehead atoms. The molecule has 2 rings (SSSR count). The summed E-state index contributed by atoms with van der Waals surface area (Å²) in [6.07, 6.45) is 1.68. The smallest absolute Gasteiger partial charge is 0.169 e. The van der Waals surface area contributed by atoms with Crippen LogP contribution in [0.2, 0.25) is 0 Å². The lowest BCUT2D eigenvalue weighted by atomic mass is 9.96. The molecule has 7 heteroatoms. The average molecular weight is 275 g/mol. The van der Waals surface area contributed by atoms with Gasteiger partial charge in [-0.05, 0) is 0 Å². The summed E-state index contributed by atoms with van der Waals surface area (Å²) in [4.78, 5) is 13.2. The minimum atomic E-state index is -0.105. The van der Waals surface area contributed by atoms with Crippen LogP contribution in [0.25, 0.3) is 0 Å². The highest BCUT2D eigenvalue weighted by Crippen LogP contribution is 2.22. The number of hydrogen-bond acceptors (Lipinski definition) is 6. The SMILES string of the molecule is CNc1cc(NCc2ncn(C)n2)nc(C(C)(C)C)n1. The van der Waals surface area contributed by atoms with Crippen molar-refractivity contribution in [1.82, 2.24) is 24.7 Å². The maximum atomic E-state index is 4.55. The van der Waals surface area contributed by atoms with Gasteiger partial charge in [0.25, 0.3) is 0 Å². The van der Waals surface area contributed by atoms with E-state index in [1.54, 1.807) is 11.0 Å². The molecule has 2 aromatic rings. The first-order valence-corrected chi connectivity index (χ1v) is 6.54. The molecule has 0 saturated carbocycles. The van der Waals surface area contributed by atoms with Gasteiger partial charge in [0.1, 0.15) is 23.8 Å². The number of anilines is 2. The number of hydrogen-bond donors (Lipinski definition) is 2. The molecule has 0 aliphatic rings. The summed E-state index contributed by atoms with van der Waals surface area (Å²) < 4.78 is 1.68. The second-order valence-electron chi connectivity index (χ2n) is 5.65. The van der Waals surface area contributed by atoms with E-state index in [9.17, 15) is 0 Å². The number of nitrogens with zero attached hydrogens (tertiary/aromatic N) is 5. The van der Waals surface area contributed by atoms with Crippen LogP contribution in [-0.2, 0) is 19.0 Å². The van der Waals surface area contributed by atoms with Crippen molar-refractivity contribution >= 4 is 11.6 Å². The van der Waals surface area contributed by atoms with E-state index in [0.29, 0.717) is 6.54 Å². The highest BCUT2D eigenvalue weighted by molar-refractivity contribution is 5.47. The first-order chi connectivity index (χ1) is 9.38. The number of nitrogens with one attached hydrogen (secondary N) is 2. The normalized spacial score (nSPS) is 11.4. The maximum Gasteiger partial charge on any atom is 0.169 e. The molecule has 0 aliphatic carbocycles. The van der Waals surface area contributed by atoms with Crippen LogP contribution in [0.1, 0.15) is 32.4 Å². The highest BCUT2D eigenvalue weighted by Gasteiger charge is 2.19. The van der Waals surface area contributed by atoms with Gasteiger partial charge in [0.15, 0.2) is 5.82 Å². The Hall–Kier alpha value is -2.18. The van der Waals surface area contributed by atoms with Crippen molar-refractivity contribution in [2.75, 3.05) is 17.7 Å². The summed E-state index contributed by atoms with van der Waals surface area (Å²) in [5, 5.41) is 10.5. The van der Waals surface area contributed by atoms with Crippen LogP contribution < -0.4 is 10.6 Å². The van der Waals surface area contributed by atoms with Gasteiger partial charge in [-0.2, -0.15) is 5.10 Å². The Bertz CT molecular complexity index is 583. The predicted octanol–water partition coefficient (Wildman–Crippen LogP) is 1.56. The van der Waals surface area contributed by atoms with Gasteiger partial charge in [0.2, 0.25) is 0 Å². The highest BCUT2D eigenvalue weighted by atomic mass is 15.3. The van der Waals surface area contributed by atoms with Gasteiger partial charge in [0, 0.05) is 25.6 Å². The molecule has 7 nitrogen and oxygen atoms in total. The lowest BCUT2D eigenvalue weighted by Crippen LogP contribution is -2.18. The molecule has 0 unspecified atom stereocenters. The molecular formula is C13H21N7. The molecule has 0 spiro atoms. The van der Waals surface area contributed by atoms with Crippen molar-refractivity contribution in [2.24, 2.45) is 7.05 Å². The minimum Gasteiger partial charge on any atom is -0.373 e. The van der Waals surface area contributed by atoms with Crippen molar-refractivity contribution < 1.29 is 0 Å². The van der Waals surface area contributed by atoms with Gasteiger partial charge in [-0.25, -0.2) is 15.0 Å². The number of aromatic nitrogens is 5. The zero-order valence-corrected chi connectivity index (χ0v) is 12.6. The second-order valence-corrected chi connectivity index (χ2v) is 5.65. The average Bonchev–Trinajstić information content (AvgIpc) is 2.81. The van der Waals surface area contributed by atoms with Gasteiger partial charge in [-0.1, -0.05) is 20.8 Å². The van der Waals surface area contributed by atoms with E-state index in [1.807, 2.05) is 20.2 Å². The molecule has 2 aromatic heterocycles. The maximum absolute atomic E-state index is 4.55. The lowest BCUT2D eigenvalue weighted by Gasteiger charge is -2.18. The second kappa shape index (κ2) is 5.44. The third kappa shape index (κ3) is 3.43. The van der Waals surface area contributed by atoms with Crippen LogP contribution >= 0.6 is 0 Å². The minimum absolute atomic E-state index is 0.105. The molecule has 0 atom stereocenters. The lowest BCUT2D eigenvalue weighted by molar-refractivity contribution is 0.546. The fraction of sp³-hybridized carbons (Fsp3) is 0.538. The third-order valence-corrected chi connectivity index (χ3v) is 2.73. The van der Waals surface area contributed by atoms with Crippen molar-refractivity contribution in [3.63, 3.8) is 0 Å². The first-order valence-electron chi connectivity index (χ1n) is 6.54. The molecule has 2 N–H and O–H groups in total. The Labute approximate surface area is 118 Å². The molecule has 2 heterocycles. The summed E-state index contributed by atoms with van der Waals surface area (Å²) in [5.74, 6) is 3.08. The van der Waals surface area contributed by atoms with Crippen LogP contribution in [0.3, 0.4) is 0 Å². The zero-order chi connectivity index (χ0) is 14.8. The van der Waals surface area contributed by atoms with E-state index in [1.165, 1.54) is 0 Å². The van der Waals surface area contributed by atoms with E-state index in [4.69, 9.17) is 0 Å². The van der Waals surface area contributed by atoms with Crippen molar-refractivity contribution in [3.8, 4) is 0 Å². The molecule has 0 radical (unpaired) electrons. The molecule has 0 saturated heterocycles. The Morgan fingerprint density at radius 1 is 1.20 bits per heavy atom. The van der Waals surface area contributed by atoms with Crippen molar-refractivity contribution in [1.29, 1.82) is 0 Å². The van der Waals surface area contributed by atoms with Gasteiger partial charge < -0.3 is 10.6 Å². The number of rotatable bonds is 4. The first kappa shape index (κ1) is 14.2. The van der Waals surface area contributed by atoms with Gasteiger partial charge in [0.05, 0.1) is 6.54 Å². The standard InChI is InChI=1S/C13H21N7/c1-13(2,3)12-17-9(14-4)6-10(18-12)15-7-11-16-8-20(5)19-11/h6,8H,7H2,1-5H3,(H2,14,15,17,18). The Morgan fingerprint density at radius 2 is 1.90 bits per heavy atom. The number of aryl methyl sites for hydroxylation is 1. The summed E-state index contributed by atoms with van der Waals surface area (Å²) >= 11 is 0. The monoisotopic (exact) mass is 275 g/mol. The summed E-state index contributed by atoms with van der Waals surface area (Å²) in [6.45, 7) is 6.80. The molecule has 0 aliphatic heterocycles. The summed E-state index contributed by atoms with van der Waals surface area (Å²) in [6, 6.07) is 1.87. The molecule has 0 aromatic carbocycles. The summed E-state index contributed by atoms with van der Waals surface area (Å²) in [5.41, 5.74) is -0.105. The summed E-state index contributed by atoms with van der Waals surface area (Å²) in [7, 11) is 3.69. The van der Waals surface area contributed by atoms with E-state index in [0.717, 1.165) is 23.3 Å². The quantitative estimate of drug-likeness (QED) is 0.881. The van der Waals surface area contributed by atoms with Gasteiger partial charge in [-0.3, -0.25) is 4.68 Å². The van der Waals surface area contributed by atoms with Crippen molar-refractivity contribution in [3.05, 3.63) is 24.0 Å². The Morgan fingerprint density at radius 3 is 2.45 bits per heavy atom. The van der Waals surface area contributed by atoms with Crippen molar-refractivity contribution in [2.45, 2.75) is 32.7 Å². The fourth-order valence-corrected chi connectivity index (χ4v) is 1.64. The van der Waals surface area contributed by atoms with E-state index in [-0.39, 0.29) is 5.41 Å². The van der Waals surface area contributed by atoms with Crippen LogP contribution in [-0.4, -0.2) is 31.8 Å². The third-order valence-electron chi connectivity index (χ3n) is 2.73. The Balaban J connectivity index is 2.18. The molecular weight excluding hydrogens is 254 g/mol. The molecule has 0 fully saturated rings. The van der Waals surface area contributed by atoms with E-state index >= 15 is 0 Å². The van der Waals surface area contributed by atoms with E-state index in [2.05, 4.69) is 51.5 Å². The van der Waals surface area contributed by atoms with E-state index < -0.39 is 0 Å². The molecule has 20 heavy (non-hydrogen) atoms. The Kier molecular flexibility index (Phi) is 3.87. The van der Waals surface area contributed by atoms with Gasteiger partial charge >= 0.3 is 0 Å². The van der Waals surface area contributed by atoms with Gasteiger partial charge in [-0.15, -0.1) is 0 Å². The van der Waals surface area contributed by atoms with Crippen LogP contribution in [0.4, 0.5) is 11.6 Å². The topological polar surface area (TPSA) is 80.5 Å². The molecule has 108 valence electrons. The largest absolute Gasteiger partial charge is 0.373 e.